The SMILES string of the molecule is COc1cc(C(=O)O)c(C(C)F)cc1OC. The maximum Gasteiger partial charge on any atom is 0.336 e. The molecule has 16 heavy (non-hydrogen) atoms. The Morgan fingerprint density at radius 3 is 2.19 bits per heavy atom. The van der Waals surface area contributed by atoms with Crippen LogP contribution in [-0.2, 0) is 0 Å². The van der Waals surface area contributed by atoms with Gasteiger partial charge in [-0.2, -0.15) is 0 Å². The Bertz CT molecular complexity index is 401. The average Bonchev–Trinajstić information content (AvgIpc) is 2.26. The topological polar surface area (TPSA) is 55.8 Å². The minimum atomic E-state index is -1.38. The van der Waals surface area contributed by atoms with Crippen molar-refractivity contribution in [2.75, 3.05) is 14.2 Å². The number of carboxylic acid groups (broad SMARTS) is 1. The third-order valence-electron chi connectivity index (χ3n) is 2.21. The van der Waals surface area contributed by atoms with Gasteiger partial charge < -0.3 is 14.6 Å². The summed E-state index contributed by atoms with van der Waals surface area (Å²) in [5.74, 6) is -0.614. The molecule has 0 radical (unpaired) electrons. The van der Waals surface area contributed by atoms with Gasteiger partial charge in [-0.1, -0.05) is 0 Å². The summed E-state index contributed by atoms with van der Waals surface area (Å²) in [6, 6.07) is 2.60. The lowest BCUT2D eigenvalue weighted by Gasteiger charge is -2.13. The van der Waals surface area contributed by atoms with E-state index in [-0.39, 0.29) is 16.9 Å². The molecule has 1 unspecified atom stereocenters. The molecule has 0 fully saturated rings. The molecule has 1 rings (SSSR count). The van der Waals surface area contributed by atoms with E-state index in [2.05, 4.69) is 0 Å². The molecule has 0 spiro atoms. The Labute approximate surface area is 92.6 Å². The van der Waals surface area contributed by atoms with E-state index in [1.807, 2.05) is 0 Å². The minimum Gasteiger partial charge on any atom is -0.493 e. The molecule has 0 saturated heterocycles. The van der Waals surface area contributed by atoms with Gasteiger partial charge in [0.1, 0.15) is 6.17 Å². The summed E-state index contributed by atoms with van der Waals surface area (Å²) in [6.07, 6.45) is -1.38. The summed E-state index contributed by atoms with van der Waals surface area (Å²) in [6.45, 7) is 1.27. The van der Waals surface area contributed by atoms with Crippen molar-refractivity contribution in [3.63, 3.8) is 0 Å². The molecule has 0 aliphatic heterocycles. The van der Waals surface area contributed by atoms with Crippen molar-refractivity contribution in [3.05, 3.63) is 23.3 Å². The zero-order valence-corrected chi connectivity index (χ0v) is 9.28. The first-order chi connectivity index (χ1) is 7.51. The molecule has 1 aromatic carbocycles. The molecule has 0 aliphatic carbocycles. The molecule has 5 heteroatoms. The summed E-state index contributed by atoms with van der Waals surface area (Å²) < 4.78 is 23.2. The van der Waals surface area contributed by atoms with Crippen LogP contribution >= 0.6 is 0 Å². The van der Waals surface area contributed by atoms with Crippen molar-refractivity contribution in [3.8, 4) is 11.5 Å². The summed E-state index contributed by atoms with van der Waals surface area (Å²) >= 11 is 0. The van der Waals surface area contributed by atoms with E-state index in [9.17, 15) is 9.18 Å². The van der Waals surface area contributed by atoms with Gasteiger partial charge in [-0.05, 0) is 19.1 Å². The highest BCUT2D eigenvalue weighted by Gasteiger charge is 2.19. The van der Waals surface area contributed by atoms with E-state index in [1.165, 1.54) is 33.3 Å². The lowest BCUT2D eigenvalue weighted by Crippen LogP contribution is -2.05. The molecule has 1 N–H and O–H groups in total. The minimum absolute atomic E-state index is 0.0742. The number of hydrogen-bond donors (Lipinski definition) is 1. The second kappa shape index (κ2) is 4.83. The van der Waals surface area contributed by atoms with Crippen LogP contribution in [-0.4, -0.2) is 25.3 Å². The van der Waals surface area contributed by atoms with Crippen LogP contribution in [0.5, 0.6) is 11.5 Å². The maximum atomic E-state index is 13.2. The van der Waals surface area contributed by atoms with Gasteiger partial charge in [-0.3, -0.25) is 0 Å². The third kappa shape index (κ3) is 2.24. The first kappa shape index (κ1) is 12.3. The number of hydrogen-bond acceptors (Lipinski definition) is 3. The molecule has 4 nitrogen and oxygen atoms in total. The van der Waals surface area contributed by atoms with Crippen LogP contribution in [0.25, 0.3) is 0 Å². The van der Waals surface area contributed by atoms with E-state index < -0.39 is 12.1 Å². The van der Waals surface area contributed by atoms with Gasteiger partial charge in [0.25, 0.3) is 0 Å². The fourth-order valence-electron chi connectivity index (χ4n) is 1.41. The summed E-state index contributed by atoms with van der Waals surface area (Å²) in [7, 11) is 2.80. The number of halogens is 1. The molecule has 0 aromatic heterocycles. The number of rotatable bonds is 4. The molecule has 1 aromatic rings. The fourth-order valence-corrected chi connectivity index (χ4v) is 1.41. The van der Waals surface area contributed by atoms with Gasteiger partial charge in [-0.15, -0.1) is 0 Å². The van der Waals surface area contributed by atoms with Crippen LogP contribution in [0.1, 0.15) is 29.0 Å². The van der Waals surface area contributed by atoms with E-state index >= 15 is 0 Å². The van der Waals surface area contributed by atoms with Gasteiger partial charge in [-0.25, -0.2) is 9.18 Å². The molecule has 0 saturated carbocycles. The van der Waals surface area contributed by atoms with Crippen molar-refractivity contribution in [2.45, 2.75) is 13.1 Å². The van der Waals surface area contributed by atoms with Crippen LogP contribution in [0.4, 0.5) is 4.39 Å². The second-order valence-electron chi connectivity index (χ2n) is 3.22. The van der Waals surface area contributed by atoms with E-state index in [0.29, 0.717) is 5.75 Å². The second-order valence-corrected chi connectivity index (χ2v) is 3.22. The lowest BCUT2D eigenvalue weighted by molar-refractivity contribution is 0.0693. The first-order valence-electron chi connectivity index (χ1n) is 4.64. The molecular weight excluding hydrogens is 215 g/mol. The van der Waals surface area contributed by atoms with Crippen LogP contribution < -0.4 is 9.47 Å². The van der Waals surface area contributed by atoms with Crippen LogP contribution in [0, 0.1) is 0 Å². The Hall–Kier alpha value is -1.78. The summed E-state index contributed by atoms with van der Waals surface area (Å²) in [5, 5.41) is 8.94. The van der Waals surface area contributed by atoms with E-state index in [1.54, 1.807) is 0 Å². The van der Waals surface area contributed by atoms with Crippen molar-refractivity contribution >= 4 is 5.97 Å². The Morgan fingerprint density at radius 2 is 1.81 bits per heavy atom. The van der Waals surface area contributed by atoms with Gasteiger partial charge >= 0.3 is 5.97 Å². The van der Waals surface area contributed by atoms with Crippen LogP contribution in [0.15, 0.2) is 12.1 Å². The Morgan fingerprint density at radius 1 is 1.31 bits per heavy atom. The summed E-state index contributed by atoms with van der Waals surface area (Å²) in [4.78, 5) is 10.9. The number of aromatic carboxylic acids is 1. The number of ether oxygens (including phenoxy) is 2. The maximum absolute atomic E-state index is 13.2. The molecule has 0 bridgehead atoms. The molecule has 0 aliphatic rings. The summed E-state index contributed by atoms with van der Waals surface area (Å²) in [5.41, 5.74) is -0.0437. The number of benzene rings is 1. The van der Waals surface area contributed by atoms with Crippen molar-refractivity contribution in [2.24, 2.45) is 0 Å². The smallest absolute Gasteiger partial charge is 0.336 e. The number of carboxylic acids is 1. The van der Waals surface area contributed by atoms with Gasteiger partial charge in [0, 0.05) is 5.56 Å². The van der Waals surface area contributed by atoms with Crippen LogP contribution in [0.2, 0.25) is 0 Å². The molecule has 0 heterocycles. The number of alkyl halides is 1. The standard InChI is InChI=1S/C11H13FO4/c1-6(12)7-4-9(15-2)10(16-3)5-8(7)11(13)14/h4-6H,1-3H3,(H,13,14). The fraction of sp³-hybridized carbons (Fsp3) is 0.364. The normalized spacial score (nSPS) is 12.0. The van der Waals surface area contributed by atoms with Crippen molar-refractivity contribution < 1.29 is 23.8 Å². The quantitative estimate of drug-likeness (QED) is 0.859. The highest BCUT2D eigenvalue weighted by Crippen LogP contribution is 2.34. The van der Waals surface area contributed by atoms with Gasteiger partial charge in [0.05, 0.1) is 19.8 Å². The first-order valence-corrected chi connectivity index (χ1v) is 4.64. The van der Waals surface area contributed by atoms with Crippen molar-refractivity contribution in [1.29, 1.82) is 0 Å². The average molecular weight is 228 g/mol. The predicted octanol–water partition coefficient (Wildman–Crippen LogP) is 2.43. The number of methoxy groups -OCH3 is 2. The highest BCUT2D eigenvalue weighted by molar-refractivity contribution is 5.90. The molecule has 1 atom stereocenters. The van der Waals surface area contributed by atoms with Crippen LogP contribution in [0.3, 0.4) is 0 Å². The molecular formula is C11H13FO4. The zero-order chi connectivity index (χ0) is 12.3. The lowest BCUT2D eigenvalue weighted by atomic mass is 10.0. The largest absolute Gasteiger partial charge is 0.493 e. The molecule has 0 amide bonds. The van der Waals surface area contributed by atoms with E-state index in [0.717, 1.165) is 0 Å². The highest BCUT2D eigenvalue weighted by atomic mass is 19.1. The van der Waals surface area contributed by atoms with Gasteiger partial charge in [0.15, 0.2) is 11.5 Å². The monoisotopic (exact) mass is 228 g/mol. The number of carbonyl (C=O) groups is 1. The Balaban J connectivity index is 3.41. The predicted molar refractivity (Wildman–Crippen MR) is 56.0 cm³/mol. The Kier molecular flexibility index (Phi) is 3.71. The zero-order valence-electron chi connectivity index (χ0n) is 9.28. The molecule has 88 valence electrons. The van der Waals surface area contributed by atoms with Gasteiger partial charge in [0.2, 0.25) is 0 Å². The van der Waals surface area contributed by atoms with E-state index in [4.69, 9.17) is 14.6 Å². The third-order valence-corrected chi connectivity index (χ3v) is 2.21. The van der Waals surface area contributed by atoms with Crippen molar-refractivity contribution in [1.82, 2.24) is 0 Å².